The number of benzene rings is 1. The van der Waals surface area contributed by atoms with Crippen molar-refractivity contribution in [1.29, 1.82) is 0 Å². The molecule has 7 heteroatoms. The number of hydrogen-bond donors (Lipinski definition) is 1. The molecule has 1 N–H and O–H groups in total. The molecule has 0 atom stereocenters. The average molecular weight is 314 g/mol. The van der Waals surface area contributed by atoms with Crippen LogP contribution >= 0.6 is 15.9 Å². The topological polar surface area (TPSA) is 68.0 Å². The summed E-state index contributed by atoms with van der Waals surface area (Å²) >= 11 is 3.13. The zero-order chi connectivity index (χ0) is 13.1. The summed E-state index contributed by atoms with van der Waals surface area (Å²) in [7, 11) is 0. The summed E-state index contributed by atoms with van der Waals surface area (Å²) in [5.41, 5.74) is 0.340. The number of carbonyl (C=O) groups is 1. The highest BCUT2D eigenvalue weighted by atomic mass is 79.9. The number of halogens is 2. The second-order valence-corrected chi connectivity index (χ2v) is 4.40. The van der Waals surface area contributed by atoms with Crippen LogP contribution in [0.5, 0.6) is 0 Å². The lowest BCUT2D eigenvalue weighted by molar-refractivity contribution is 0.0945. The molecule has 0 radical (unpaired) electrons. The van der Waals surface area contributed by atoms with E-state index in [9.17, 15) is 9.18 Å². The van der Waals surface area contributed by atoms with Crippen LogP contribution in [-0.4, -0.2) is 16.0 Å². The highest BCUT2D eigenvalue weighted by Gasteiger charge is 2.11. The third kappa shape index (κ3) is 2.92. The molecule has 18 heavy (non-hydrogen) atoms. The fourth-order valence-corrected chi connectivity index (χ4v) is 1.87. The van der Waals surface area contributed by atoms with Crippen molar-refractivity contribution in [1.82, 2.24) is 15.5 Å². The second-order valence-electron chi connectivity index (χ2n) is 3.54. The first-order chi connectivity index (χ1) is 8.56. The molecule has 2 aromatic rings. The van der Waals surface area contributed by atoms with Gasteiger partial charge in [0.05, 0.1) is 12.1 Å². The second kappa shape index (κ2) is 5.26. The van der Waals surface area contributed by atoms with Crippen LogP contribution in [0.3, 0.4) is 0 Å². The lowest BCUT2D eigenvalue weighted by Gasteiger charge is -2.04. The Labute approximate surface area is 111 Å². The number of hydrogen-bond acceptors (Lipinski definition) is 4. The Bertz CT molecular complexity index is 585. The van der Waals surface area contributed by atoms with Crippen LogP contribution in [0.1, 0.15) is 22.1 Å². The third-order valence-electron chi connectivity index (χ3n) is 2.15. The van der Waals surface area contributed by atoms with Crippen molar-refractivity contribution in [2.75, 3.05) is 0 Å². The summed E-state index contributed by atoms with van der Waals surface area (Å²) in [5, 5.41) is 6.20. The Hall–Kier alpha value is -1.76. The van der Waals surface area contributed by atoms with Crippen molar-refractivity contribution in [2.45, 2.75) is 13.5 Å². The van der Waals surface area contributed by atoms with Gasteiger partial charge in [0.1, 0.15) is 5.82 Å². The molecule has 94 valence electrons. The van der Waals surface area contributed by atoms with Gasteiger partial charge in [-0.2, -0.15) is 4.98 Å². The Kier molecular flexibility index (Phi) is 3.71. The first-order valence-electron chi connectivity index (χ1n) is 5.08. The monoisotopic (exact) mass is 313 g/mol. The molecule has 0 aliphatic carbocycles. The zero-order valence-electron chi connectivity index (χ0n) is 9.41. The van der Waals surface area contributed by atoms with Crippen LogP contribution in [0.4, 0.5) is 4.39 Å². The van der Waals surface area contributed by atoms with Crippen LogP contribution in [-0.2, 0) is 6.54 Å². The zero-order valence-corrected chi connectivity index (χ0v) is 11.0. The summed E-state index contributed by atoms with van der Waals surface area (Å²) in [6, 6.07) is 3.84. The molecular weight excluding hydrogens is 305 g/mol. The number of amides is 1. The maximum Gasteiger partial charge on any atom is 0.252 e. The Balaban J connectivity index is 2.03. The van der Waals surface area contributed by atoms with Crippen molar-refractivity contribution >= 4 is 21.8 Å². The van der Waals surface area contributed by atoms with E-state index in [4.69, 9.17) is 4.52 Å². The van der Waals surface area contributed by atoms with Gasteiger partial charge in [0, 0.05) is 4.47 Å². The molecule has 1 aromatic carbocycles. The van der Waals surface area contributed by atoms with E-state index >= 15 is 0 Å². The number of aromatic nitrogens is 2. The van der Waals surface area contributed by atoms with Crippen LogP contribution in [0.25, 0.3) is 0 Å². The number of rotatable bonds is 3. The van der Waals surface area contributed by atoms with Gasteiger partial charge < -0.3 is 9.84 Å². The molecule has 0 aliphatic rings. The van der Waals surface area contributed by atoms with E-state index in [1.165, 1.54) is 18.2 Å². The first kappa shape index (κ1) is 12.7. The molecule has 0 fully saturated rings. The number of nitrogens with zero attached hydrogens (tertiary/aromatic N) is 2. The molecule has 0 spiro atoms. The maximum atomic E-state index is 12.9. The summed E-state index contributed by atoms with van der Waals surface area (Å²) in [5.74, 6) is 0.0602. The van der Waals surface area contributed by atoms with Crippen LogP contribution in [0, 0.1) is 12.7 Å². The van der Waals surface area contributed by atoms with Crippen molar-refractivity contribution in [3.63, 3.8) is 0 Å². The molecule has 0 unspecified atom stereocenters. The number of carbonyl (C=O) groups excluding carboxylic acids is 1. The van der Waals surface area contributed by atoms with Gasteiger partial charge in [-0.1, -0.05) is 5.16 Å². The number of nitrogens with one attached hydrogen (secondary N) is 1. The lowest BCUT2D eigenvalue weighted by atomic mass is 10.2. The molecule has 1 heterocycles. The molecule has 5 nitrogen and oxygen atoms in total. The smallest absolute Gasteiger partial charge is 0.252 e. The predicted molar refractivity (Wildman–Crippen MR) is 64.3 cm³/mol. The van der Waals surface area contributed by atoms with E-state index < -0.39 is 5.82 Å². The predicted octanol–water partition coefficient (Wildman–Crippen LogP) is 2.21. The van der Waals surface area contributed by atoms with E-state index in [2.05, 4.69) is 31.4 Å². The fourth-order valence-electron chi connectivity index (χ4n) is 1.34. The Morgan fingerprint density at radius 3 is 2.94 bits per heavy atom. The highest BCUT2D eigenvalue weighted by molar-refractivity contribution is 9.10. The van der Waals surface area contributed by atoms with Crippen molar-refractivity contribution in [3.8, 4) is 0 Å². The molecule has 1 amide bonds. The summed E-state index contributed by atoms with van der Waals surface area (Å²) in [6.07, 6.45) is 0. The van der Waals surface area contributed by atoms with E-state index in [1.807, 2.05) is 0 Å². The van der Waals surface area contributed by atoms with Crippen LogP contribution in [0.2, 0.25) is 0 Å². The van der Waals surface area contributed by atoms with Gasteiger partial charge in [-0.15, -0.1) is 0 Å². The van der Waals surface area contributed by atoms with E-state index in [-0.39, 0.29) is 12.5 Å². The normalized spacial score (nSPS) is 10.4. The van der Waals surface area contributed by atoms with Gasteiger partial charge >= 0.3 is 0 Å². The summed E-state index contributed by atoms with van der Waals surface area (Å²) in [6.45, 7) is 1.81. The Morgan fingerprint density at radius 2 is 2.33 bits per heavy atom. The van der Waals surface area contributed by atoms with Gasteiger partial charge in [0.15, 0.2) is 5.82 Å². The third-order valence-corrected chi connectivity index (χ3v) is 2.80. The Morgan fingerprint density at radius 1 is 1.56 bits per heavy atom. The van der Waals surface area contributed by atoms with Gasteiger partial charge in [-0.05, 0) is 41.1 Å². The minimum absolute atomic E-state index is 0.128. The SMILES string of the molecule is Cc1noc(CNC(=O)c2ccc(F)cc2Br)n1. The maximum absolute atomic E-state index is 12.9. The van der Waals surface area contributed by atoms with Crippen LogP contribution < -0.4 is 5.32 Å². The molecule has 0 saturated heterocycles. The quantitative estimate of drug-likeness (QED) is 0.943. The summed E-state index contributed by atoms with van der Waals surface area (Å²) in [4.78, 5) is 15.8. The minimum Gasteiger partial charge on any atom is -0.343 e. The largest absolute Gasteiger partial charge is 0.343 e. The molecule has 1 aromatic heterocycles. The van der Waals surface area contributed by atoms with E-state index in [0.717, 1.165) is 0 Å². The number of aryl methyl sites for hydroxylation is 1. The van der Waals surface area contributed by atoms with Crippen molar-refractivity contribution < 1.29 is 13.7 Å². The standard InChI is InChI=1S/C11H9BrFN3O2/c1-6-15-10(18-16-6)5-14-11(17)8-3-2-7(13)4-9(8)12/h2-4H,5H2,1H3,(H,14,17). The van der Waals surface area contributed by atoms with Gasteiger partial charge in [0.2, 0.25) is 5.89 Å². The molecular formula is C11H9BrFN3O2. The van der Waals surface area contributed by atoms with Crippen molar-refractivity contribution in [2.24, 2.45) is 0 Å². The molecule has 0 bridgehead atoms. The van der Waals surface area contributed by atoms with Gasteiger partial charge in [-0.25, -0.2) is 4.39 Å². The average Bonchev–Trinajstić information content (AvgIpc) is 2.72. The first-order valence-corrected chi connectivity index (χ1v) is 5.88. The van der Waals surface area contributed by atoms with E-state index in [0.29, 0.717) is 21.8 Å². The van der Waals surface area contributed by atoms with E-state index in [1.54, 1.807) is 6.92 Å². The van der Waals surface area contributed by atoms with Crippen LogP contribution in [0.15, 0.2) is 27.2 Å². The minimum atomic E-state index is -0.411. The molecule has 0 aliphatic heterocycles. The molecule has 0 saturated carbocycles. The highest BCUT2D eigenvalue weighted by Crippen LogP contribution is 2.17. The van der Waals surface area contributed by atoms with Gasteiger partial charge in [-0.3, -0.25) is 4.79 Å². The summed E-state index contributed by atoms with van der Waals surface area (Å²) < 4.78 is 18.1. The lowest BCUT2D eigenvalue weighted by Crippen LogP contribution is -2.23. The van der Waals surface area contributed by atoms with Crippen molar-refractivity contribution in [3.05, 3.63) is 45.8 Å². The fraction of sp³-hybridized carbons (Fsp3) is 0.182. The molecule has 2 rings (SSSR count). The van der Waals surface area contributed by atoms with Gasteiger partial charge in [0.25, 0.3) is 5.91 Å².